The predicted octanol–water partition coefficient (Wildman–Crippen LogP) is 1.49. The highest BCUT2D eigenvalue weighted by Crippen LogP contribution is 2.11. The zero-order chi connectivity index (χ0) is 14.5. The molecule has 1 amide bonds. The van der Waals surface area contributed by atoms with E-state index in [1.165, 1.54) is 5.56 Å². The van der Waals surface area contributed by atoms with Gasteiger partial charge in [-0.3, -0.25) is 4.79 Å². The van der Waals surface area contributed by atoms with Crippen molar-refractivity contribution in [1.82, 2.24) is 10.2 Å². The maximum atomic E-state index is 11.8. The summed E-state index contributed by atoms with van der Waals surface area (Å²) >= 11 is 0. The molecular formula is C15H25N3O. The van der Waals surface area contributed by atoms with Gasteiger partial charge in [0.25, 0.3) is 0 Å². The van der Waals surface area contributed by atoms with E-state index in [0.717, 1.165) is 12.1 Å². The van der Waals surface area contributed by atoms with E-state index in [4.69, 9.17) is 5.73 Å². The number of nitrogens with zero attached hydrogens (tertiary/aromatic N) is 1. The number of carbonyl (C=O) groups is 1. The number of nitrogens with two attached hydrogens (primary N) is 1. The molecule has 4 nitrogen and oxygen atoms in total. The van der Waals surface area contributed by atoms with Crippen LogP contribution in [-0.2, 0) is 17.9 Å². The van der Waals surface area contributed by atoms with Crippen molar-refractivity contribution in [2.75, 3.05) is 14.1 Å². The van der Waals surface area contributed by atoms with Crippen LogP contribution < -0.4 is 11.1 Å². The van der Waals surface area contributed by atoms with Gasteiger partial charge >= 0.3 is 0 Å². The monoisotopic (exact) mass is 263 g/mol. The van der Waals surface area contributed by atoms with Crippen LogP contribution in [0.2, 0.25) is 0 Å². The Morgan fingerprint density at radius 2 is 1.84 bits per heavy atom. The van der Waals surface area contributed by atoms with Gasteiger partial charge in [0.15, 0.2) is 0 Å². The third-order valence-electron chi connectivity index (χ3n) is 2.70. The summed E-state index contributed by atoms with van der Waals surface area (Å²) in [6, 6.07) is 8.15. The van der Waals surface area contributed by atoms with Crippen LogP contribution in [0.1, 0.15) is 31.4 Å². The summed E-state index contributed by atoms with van der Waals surface area (Å²) in [5, 5.41) is 2.93. The quantitative estimate of drug-likeness (QED) is 0.817. The highest BCUT2D eigenvalue weighted by molar-refractivity contribution is 5.77. The minimum Gasteiger partial charge on any atom is -0.352 e. The fourth-order valence-electron chi connectivity index (χ4n) is 1.90. The molecule has 4 heteroatoms. The topological polar surface area (TPSA) is 58.4 Å². The highest BCUT2D eigenvalue weighted by atomic mass is 16.1. The zero-order valence-electron chi connectivity index (χ0n) is 12.4. The van der Waals surface area contributed by atoms with E-state index < -0.39 is 5.54 Å². The molecule has 1 rings (SSSR count). The molecule has 0 aliphatic rings. The van der Waals surface area contributed by atoms with E-state index in [9.17, 15) is 4.79 Å². The van der Waals surface area contributed by atoms with Gasteiger partial charge in [0, 0.05) is 25.0 Å². The van der Waals surface area contributed by atoms with Gasteiger partial charge in [-0.05, 0) is 39.1 Å². The average Bonchev–Trinajstić information content (AvgIpc) is 2.24. The first-order valence-corrected chi connectivity index (χ1v) is 6.55. The van der Waals surface area contributed by atoms with Crippen LogP contribution >= 0.6 is 0 Å². The molecule has 0 bridgehead atoms. The third kappa shape index (κ3) is 6.36. The fourth-order valence-corrected chi connectivity index (χ4v) is 1.90. The summed E-state index contributed by atoms with van der Waals surface area (Å²) in [6.45, 7) is 5.13. The Bertz CT molecular complexity index is 422. The van der Waals surface area contributed by atoms with Gasteiger partial charge in [-0.1, -0.05) is 24.3 Å². The van der Waals surface area contributed by atoms with Crippen LogP contribution in [0.15, 0.2) is 24.3 Å². The van der Waals surface area contributed by atoms with Crippen LogP contribution in [0.25, 0.3) is 0 Å². The second-order valence-corrected chi connectivity index (χ2v) is 5.95. The standard InChI is InChI=1S/C15H25N3O/c1-15(2,16)9-14(19)17-10-12-7-5-6-8-13(12)11-18(3)4/h5-8H,9-11,16H2,1-4H3,(H,17,19). The first-order chi connectivity index (χ1) is 8.78. The lowest BCUT2D eigenvalue weighted by Crippen LogP contribution is -2.38. The number of nitrogens with one attached hydrogen (secondary N) is 1. The number of rotatable bonds is 6. The molecule has 0 radical (unpaired) electrons. The average molecular weight is 263 g/mol. The lowest BCUT2D eigenvalue weighted by molar-refractivity contribution is -0.122. The van der Waals surface area contributed by atoms with Crippen LogP contribution in [0.5, 0.6) is 0 Å². The van der Waals surface area contributed by atoms with Gasteiger partial charge in [0.2, 0.25) is 5.91 Å². The van der Waals surface area contributed by atoms with Gasteiger partial charge < -0.3 is 16.0 Å². The first-order valence-electron chi connectivity index (χ1n) is 6.55. The Hall–Kier alpha value is -1.39. The molecule has 0 saturated heterocycles. The molecule has 106 valence electrons. The molecular weight excluding hydrogens is 238 g/mol. The molecule has 0 aliphatic heterocycles. The van der Waals surface area contributed by atoms with Gasteiger partial charge in [-0.25, -0.2) is 0 Å². The van der Waals surface area contributed by atoms with Crippen LogP contribution in [0, 0.1) is 0 Å². The predicted molar refractivity (Wildman–Crippen MR) is 78.6 cm³/mol. The molecule has 1 aromatic rings. The molecule has 19 heavy (non-hydrogen) atoms. The van der Waals surface area contributed by atoms with E-state index >= 15 is 0 Å². The zero-order valence-corrected chi connectivity index (χ0v) is 12.4. The summed E-state index contributed by atoms with van der Waals surface area (Å²) in [5.41, 5.74) is 7.76. The number of benzene rings is 1. The van der Waals surface area contributed by atoms with E-state index in [1.807, 2.05) is 46.1 Å². The van der Waals surface area contributed by atoms with Crippen molar-refractivity contribution in [3.63, 3.8) is 0 Å². The number of carbonyl (C=O) groups excluding carboxylic acids is 1. The summed E-state index contributed by atoms with van der Waals surface area (Å²) < 4.78 is 0. The Labute approximate surface area is 116 Å². The summed E-state index contributed by atoms with van der Waals surface area (Å²) in [7, 11) is 4.07. The second-order valence-electron chi connectivity index (χ2n) is 5.95. The van der Waals surface area contributed by atoms with Gasteiger partial charge in [-0.15, -0.1) is 0 Å². The highest BCUT2D eigenvalue weighted by Gasteiger charge is 2.16. The largest absolute Gasteiger partial charge is 0.352 e. The van der Waals surface area contributed by atoms with Gasteiger partial charge in [0.1, 0.15) is 0 Å². The van der Waals surface area contributed by atoms with Crippen molar-refractivity contribution in [2.24, 2.45) is 5.73 Å². The van der Waals surface area contributed by atoms with Crippen LogP contribution in [0.3, 0.4) is 0 Å². The third-order valence-corrected chi connectivity index (χ3v) is 2.70. The van der Waals surface area contributed by atoms with E-state index in [0.29, 0.717) is 13.0 Å². The van der Waals surface area contributed by atoms with Crippen molar-refractivity contribution in [1.29, 1.82) is 0 Å². The van der Waals surface area contributed by atoms with Crippen LogP contribution in [-0.4, -0.2) is 30.4 Å². The van der Waals surface area contributed by atoms with Gasteiger partial charge in [0.05, 0.1) is 0 Å². The minimum atomic E-state index is -0.465. The molecule has 0 spiro atoms. The Balaban J connectivity index is 2.60. The van der Waals surface area contributed by atoms with Crippen molar-refractivity contribution in [3.8, 4) is 0 Å². The molecule has 1 aromatic carbocycles. The lowest BCUT2D eigenvalue weighted by atomic mass is 10.0. The molecule has 0 aromatic heterocycles. The maximum absolute atomic E-state index is 11.8. The molecule has 0 fully saturated rings. The fraction of sp³-hybridized carbons (Fsp3) is 0.533. The smallest absolute Gasteiger partial charge is 0.222 e. The lowest BCUT2D eigenvalue weighted by Gasteiger charge is -2.18. The van der Waals surface area contributed by atoms with Gasteiger partial charge in [-0.2, -0.15) is 0 Å². The van der Waals surface area contributed by atoms with E-state index in [-0.39, 0.29) is 5.91 Å². The normalized spacial score (nSPS) is 11.7. The Kier molecular flexibility index (Phi) is 5.51. The molecule has 0 unspecified atom stereocenters. The molecule has 0 aliphatic carbocycles. The molecule has 3 N–H and O–H groups in total. The van der Waals surface area contributed by atoms with E-state index in [2.05, 4.69) is 16.3 Å². The van der Waals surface area contributed by atoms with E-state index in [1.54, 1.807) is 0 Å². The summed E-state index contributed by atoms with van der Waals surface area (Å²) in [4.78, 5) is 13.9. The minimum absolute atomic E-state index is 0.00726. The Morgan fingerprint density at radius 1 is 1.26 bits per heavy atom. The maximum Gasteiger partial charge on any atom is 0.222 e. The Morgan fingerprint density at radius 3 is 2.37 bits per heavy atom. The van der Waals surface area contributed by atoms with Crippen LogP contribution in [0.4, 0.5) is 0 Å². The summed E-state index contributed by atoms with van der Waals surface area (Å²) in [6.07, 6.45) is 0.336. The second kappa shape index (κ2) is 6.68. The number of hydrogen-bond acceptors (Lipinski definition) is 3. The van der Waals surface area contributed by atoms with Crippen molar-refractivity contribution in [3.05, 3.63) is 35.4 Å². The van der Waals surface area contributed by atoms with Crippen molar-refractivity contribution < 1.29 is 4.79 Å². The molecule has 0 saturated carbocycles. The SMILES string of the molecule is CN(C)Cc1ccccc1CNC(=O)CC(C)(C)N. The first kappa shape index (κ1) is 15.7. The van der Waals surface area contributed by atoms with Crippen molar-refractivity contribution in [2.45, 2.75) is 38.9 Å². The van der Waals surface area contributed by atoms with Crippen molar-refractivity contribution >= 4 is 5.91 Å². The molecule has 0 heterocycles. The number of hydrogen-bond donors (Lipinski definition) is 2. The molecule has 0 atom stereocenters. The number of amides is 1. The summed E-state index contributed by atoms with van der Waals surface area (Å²) in [5.74, 6) is -0.00726.